The van der Waals surface area contributed by atoms with Gasteiger partial charge in [0, 0.05) is 13.2 Å². The number of anilines is 1. The highest BCUT2D eigenvalue weighted by atomic mass is 79.9. The van der Waals surface area contributed by atoms with Crippen molar-refractivity contribution in [3.8, 4) is 11.5 Å². The molecule has 0 aromatic carbocycles. The Balaban J connectivity index is 2.52. The van der Waals surface area contributed by atoms with Crippen molar-refractivity contribution in [1.82, 2.24) is 19.9 Å². The normalized spacial score (nSPS) is 10.4. The summed E-state index contributed by atoms with van der Waals surface area (Å²) in [6, 6.07) is 1.80. The van der Waals surface area contributed by atoms with Gasteiger partial charge in [-0.1, -0.05) is 13.3 Å². The number of halogens is 1. The second kappa shape index (κ2) is 5.86. The fourth-order valence-corrected chi connectivity index (χ4v) is 2.17. The largest absolute Gasteiger partial charge is 0.372 e. The minimum absolute atomic E-state index is 0.619. The van der Waals surface area contributed by atoms with Crippen molar-refractivity contribution >= 4 is 21.7 Å². The standard InChI is InChI=1S/C12H14BrN5/c1-3-4-8-10(13)12(14-2)18-11(17-8)9-5-6-15-7-16-9/h5-7H,3-4H2,1-2H3,(H,14,17,18). The molecule has 0 unspecified atom stereocenters. The molecule has 0 fully saturated rings. The molecule has 0 aliphatic carbocycles. The van der Waals surface area contributed by atoms with Crippen LogP contribution in [0.1, 0.15) is 19.0 Å². The van der Waals surface area contributed by atoms with Crippen molar-refractivity contribution in [2.24, 2.45) is 0 Å². The van der Waals surface area contributed by atoms with Crippen LogP contribution in [0, 0.1) is 0 Å². The van der Waals surface area contributed by atoms with Crippen LogP contribution in [0.25, 0.3) is 11.5 Å². The zero-order valence-corrected chi connectivity index (χ0v) is 11.9. The van der Waals surface area contributed by atoms with Crippen molar-refractivity contribution in [2.75, 3.05) is 12.4 Å². The van der Waals surface area contributed by atoms with Crippen molar-refractivity contribution in [1.29, 1.82) is 0 Å². The Morgan fingerprint density at radius 3 is 2.78 bits per heavy atom. The molecule has 2 aromatic rings. The Bertz CT molecular complexity index is 529. The Kier molecular flexibility index (Phi) is 4.19. The third-order valence-corrected chi connectivity index (χ3v) is 3.29. The second-order valence-corrected chi connectivity index (χ2v) is 4.54. The molecule has 2 rings (SSSR count). The van der Waals surface area contributed by atoms with Gasteiger partial charge in [-0.25, -0.2) is 19.9 Å². The van der Waals surface area contributed by atoms with Gasteiger partial charge < -0.3 is 5.32 Å². The molecule has 0 saturated heterocycles. The molecule has 0 bridgehead atoms. The molecule has 0 aliphatic heterocycles. The third kappa shape index (κ3) is 2.64. The summed E-state index contributed by atoms with van der Waals surface area (Å²) in [6.45, 7) is 2.12. The van der Waals surface area contributed by atoms with E-state index in [0.717, 1.165) is 34.5 Å². The van der Waals surface area contributed by atoms with Gasteiger partial charge in [-0.05, 0) is 28.4 Å². The van der Waals surface area contributed by atoms with Crippen molar-refractivity contribution in [3.63, 3.8) is 0 Å². The van der Waals surface area contributed by atoms with E-state index in [4.69, 9.17) is 0 Å². The molecule has 0 saturated carbocycles. The van der Waals surface area contributed by atoms with Crippen LogP contribution in [0.15, 0.2) is 23.1 Å². The Morgan fingerprint density at radius 2 is 2.17 bits per heavy atom. The van der Waals surface area contributed by atoms with Gasteiger partial charge in [0.1, 0.15) is 17.8 Å². The number of aromatic nitrogens is 4. The van der Waals surface area contributed by atoms with E-state index in [1.807, 2.05) is 7.05 Å². The zero-order valence-electron chi connectivity index (χ0n) is 10.3. The van der Waals surface area contributed by atoms with E-state index >= 15 is 0 Å². The maximum atomic E-state index is 4.55. The maximum absolute atomic E-state index is 4.55. The van der Waals surface area contributed by atoms with Gasteiger partial charge in [-0.2, -0.15) is 0 Å². The summed E-state index contributed by atoms with van der Waals surface area (Å²) < 4.78 is 0.921. The van der Waals surface area contributed by atoms with Gasteiger partial charge in [0.25, 0.3) is 0 Å². The highest BCUT2D eigenvalue weighted by Gasteiger charge is 2.12. The molecule has 18 heavy (non-hydrogen) atoms. The Morgan fingerprint density at radius 1 is 1.33 bits per heavy atom. The summed E-state index contributed by atoms with van der Waals surface area (Å²) in [5.74, 6) is 1.40. The summed E-state index contributed by atoms with van der Waals surface area (Å²) >= 11 is 3.53. The van der Waals surface area contributed by atoms with E-state index < -0.39 is 0 Å². The zero-order chi connectivity index (χ0) is 13.0. The molecule has 0 radical (unpaired) electrons. The van der Waals surface area contributed by atoms with Crippen LogP contribution in [-0.2, 0) is 6.42 Å². The highest BCUT2D eigenvalue weighted by Crippen LogP contribution is 2.26. The first-order valence-corrected chi connectivity index (χ1v) is 6.56. The number of aryl methyl sites for hydroxylation is 1. The molecule has 0 spiro atoms. The van der Waals surface area contributed by atoms with Crippen LogP contribution in [0.4, 0.5) is 5.82 Å². The Hall–Kier alpha value is -1.56. The molecule has 5 nitrogen and oxygen atoms in total. The monoisotopic (exact) mass is 307 g/mol. The number of nitrogens with one attached hydrogen (secondary N) is 1. The van der Waals surface area contributed by atoms with Crippen LogP contribution in [0.3, 0.4) is 0 Å². The molecule has 2 aromatic heterocycles. The molecule has 94 valence electrons. The summed E-state index contributed by atoms with van der Waals surface area (Å²) in [7, 11) is 1.84. The molecule has 0 atom stereocenters. The van der Waals surface area contributed by atoms with Gasteiger partial charge in [-0.15, -0.1) is 0 Å². The van der Waals surface area contributed by atoms with Gasteiger partial charge in [0.05, 0.1) is 10.2 Å². The van der Waals surface area contributed by atoms with Crippen LogP contribution >= 0.6 is 15.9 Å². The fourth-order valence-electron chi connectivity index (χ4n) is 1.60. The second-order valence-electron chi connectivity index (χ2n) is 3.75. The first-order chi connectivity index (χ1) is 8.76. The van der Waals surface area contributed by atoms with E-state index in [9.17, 15) is 0 Å². The lowest BCUT2D eigenvalue weighted by molar-refractivity contribution is 0.867. The average molecular weight is 308 g/mol. The SMILES string of the molecule is CCCc1nc(-c2ccncn2)nc(NC)c1Br. The molecule has 2 heterocycles. The van der Waals surface area contributed by atoms with Crippen LogP contribution < -0.4 is 5.32 Å². The van der Waals surface area contributed by atoms with E-state index in [1.54, 1.807) is 12.3 Å². The molecule has 6 heteroatoms. The topological polar surface area (TPSA) is 63.6 Å². The minimum Gasteiger partial charge on any atom is -0.372 e. The van der Waals surface area contributed by atoms with Gasteiger partial charge in [0.15, 0.2) is 5.82 Å². The Labute approximate surface area is 114 Å². The van der Waals surface area contributed by atoms with Crippen LogP contribution in [0.5, 0.6) is 0 Å². The third-order valence-electron chi connectivity index (χ3n) is 2.45. The molecular formula is C12H14BrN5. The summed E-state index contributed by atoms with van der Waals surface area (Å²) in [4.78, 5) is 17.1. The minimum atomic E-state index is 0.619. The summed E-state index contributed by atoms with van der Waals surface area (Å²) in [5, 5.41) is 3.06. The lowest BCUT2D eigenvalue weighted by atomic mass is 10.2. The van der Waals surface area contributed by atoms with Crippen molar-refractivity contribution < 1.29 is 0 Å². The quantitative estimate of drug-likeness (QED) is 0.941. The number of nitrogens with zero attached hydrogens (tertiary/aromatic N) is 4. The molecule has 0 amide bonds. The van der Waals surface area contributed by atoms with E-state index in [0.29, 0.717) is 5.82 Å². The molecule has 0 aliphatic rings. The number of rotatable bonds is 4. The van der Waals surface area contributed by atoms with Gasteiger partial charge in [0.2, 0.25) is 0 Å². The van der Waals surface area contributed by atoms with Gasteiger partial charge >= 0.3 is 0 Å². The lowest BCUT2D eigenvalue weighted by Gasteiger charge is -2.10. The summed E-state index contributed by atoms with van der Waals surface area (Å²) in [5.41, 5.74) is 1.72. The van der Waals surface area contributed by atoms with E-state index in [-0.39, 0.29) is 0 Å². The predicted molar refractivity (Wildman–Crippen MR) is 74.3 cm³/mol. The maximum Gasteiger partial charge on any atom is 0.180 e. The molecular weight excluding hydrogens is 294 g/mol. The first kappa shape index (κ1) is 12.9. The van der Waals surface area contributed by atoms with Gasteiger partial charge in [-0.3, -0.25) is 0 Å². The summed E-state index contributed by atoms with van der Waals surface area (Å²) in [6.07, 6.45) is 5.11. The predicted octanol–water partition coefficient (Wildman–Crippen LogP) is 2.69. The first-order valence-electron chi connectivity index (χ1n) is 5.76. The van der Waals surface area contributed by atoms with E-state index in [2.05, 4.69) is 48.1 Å². The fraction of sp³-hybridized carbons (Fsp3) is 0.333. The van der Waals surface area contributed by atoms with Crippen molar-refractivity contribution in [2.45, 2.75) is 19.8 Å². The molecule has 1 N–H and O–H groups in total. The average Bonchev–Trinajstić information content (AvgIpc) is 2.42. The van der Waals surface area contributed by atoms with Crippen LogP contribution in [0.2, 0.25) is 0 Å². The highest BCUT2D eigenvalue weighted by molar-refractivity contribution is 9.10. The van der Waals surface area contributed by atoms with E-state index in [1.165, 1.54) is 6.33 Å². The number of hydrogen-bond donors (Lipinski definition) is 1. The smallest absolute Gasteiger partial charge is 0.180 e. The number of hydrogen-bond acceptors (Lipinski definition) is 5. The van der Waals surface area contributed by atoms with Crippen molar-refractivity contribution in [3.05, 3.63) is 28.8 Å². The lowest BCUT2D eigenvalue weighted by Crippen LogP contribution is -2.04. The van der Waals surface area contributed by atoms with Crippen LogP contribution in [-0.4, -0.2) is 27.0 Å².